The molecular formula is C9H15ClN4. The zero-order chi connectivity index (χ0) is 10.6. The van der Waals surface area contributed by atoms with Gasteiger partial charge in [0.1, 0.15) is 11.0 Å². The molecule has 1 heterocycles. The van der Waals surface area contributed by atoms with Gasteiger partial charge in [0.15, 0.2) is 0 Å². The Bertz CT molecular complexity index is 290. The van der Waals surface area contributed by atoms with Gasteiger partial charge in [0, 0.05) is 12.6 Å². The minimum absolute atomic E-state index is 0.410. The molecule has 0 saturated carbocycles. The van der Waals surface area contributed by atoms with Gasteiger partial charge in [-0.05, 0) is 21.0 Å². The number of likely N-dealkylation sites (N-methyl/N-ethyl adjacent to an activating group) is 1. The molecule has 0 aliphatic heterocycles. The zero-order valence-electron chi connectivity index (χ0n) is 8.66. The Morgan fingerprint density at radius 2 is 2.21 bits per heavy atom. The summed E-state index contributed by atoms with van der Waals surface area (Å²) in [6, 6.07) is 0.441. The van der Waals surface area contributed by atoms with Crippen LogP contribution in [0.4, 0.5) is 5.82 Å². The third-order valence-corrected chi connectivity index (χ3v) is 2.25. The maximum atomic E-state index is 5.70. The summed E-state index contributed by atoms with van der Waals surface area (Å²) in [6.45, 7) is 2.95. The van der Waals surface area contributed by atoms with Crippen LogP contribution in [0.3, 0.4) is 0 Å². The monoisotopic (exact) mass is 214 g/mol. The molecule has 5 heteroatoms. The van der Waals surface area contributed by atoms with Gasteiger partial charge in [-0.2, -0.15) is 0 Å². The molecule has 78 valence electrons. The second-order valence-corrected chi connectivity index (χ2v) is 3.81. The van der Waals surface area contributed by atoms with Gasteiger partial charge in [-0.25, -0.2) is 4.98 Å². The van der Waals surface area contributed by atoms with E-state index in [4.69, 9.17) is 11.6 Å². The summed E-state index contributed by atoms with van der Waals surface area (Å²) in [4.78, 5) is 10.1. The molecule has 1 N–H and O–H groups in total. The highest BCUT2D eigenvalue weighted by molar-refractivity contribution is 6.29. The van der Waals surface area contributed by atoms with Crippen molar-refractivity contribution in [2.24, 2.45) is 0 Å². The van der Waals surface area contributed by atoms with Crippen molar-refractivity contribution < 1.29 is 0 Å². The van der Waals surface area contributed by atoms with E-state index in [-0.39, 0.29) is 0 Å². The van der Waals surface area contributed by atoms with E-state index in [0.717, 1.165) is 6.54 Å². The maximum Gasteiger partial charge on any atom is 0.149 e. The largest absolute Gasteiger partial charge is 0.367 e. The second kappa shape index (κ2) is 5.12. The summed E-state index contributed by atoms with van der Waals surface area (Å²) >= 11 is 5.70. The quantitative estimate of drug-likeness (QED) is 0.825. The molecule has 0 bridgehead atoms. The SMILES string of the molecule is CC(CNc1cncc(Cl)n1)N(C)C. The van der Waals surface area contributed by atoms with Crippen LogP contribution in [0, 0.1) is 0 Å². The van der Waals surface area contributed by atoms with Crippen molar-refractivity contribution in [3.05, 3.63) is 17.5 Å². The molecule has 1 aromatic heterocycles. The van der Waals surface area contributed by atoms with Gasteiger partial charge in [0.05, 0.1) is 12.4 Å². The summed E-state index contributed by atoms with van der Waals surface area (Å²) in [5.74, 6) is 0.714. The van der Waals surface area contributed by atoms with Crippen molar-refractivity contribution in [1.29, 1.82) is 0 Å². The number of nitrogens with zero attached hydrogens (tertiary/aromatic N) is 3. The molecule has 0 aromatic carbocycles. The first-order chi connectivity index (χ1) is 6.59. The minimum atomic E-state index is 0.410. The fraction of sp³-hybridized carbons (Fsp3) is 0.556. The van der Waals surface area contributed by atoms with Crippen LogP contribution in [-0.4, -0.2) is 41.5 Å². The number of halogens is 1. The molecule has 0 saturated heterocycles. The van der Waals surface area contributed by atoms with Gasteiger partial charge in [-0.3, -0.25) is 4.98 Å². The Morgan fingerprint density at radius 3 is 2.79 bits per heavy atom. The number of hydrogen-bond donors (Lipinski definition) is 1. The highest BCUT2D eigenvalue weighted by Gasteiger charge is 2.04. The van der Waals surface area contributed by atoms with Crippen molar-refractivity contribution in [3.8, 4) is 0 Å². The Kier molecular flexibility index (Phi) is 4.10. The number of nitrogens with one attached hydrogen (secondary N) is 1. The minimum Gasteiger partial charge on any atom is -0.367 e. The van der Waals surface area contributed by atoms with Crippen molar-refractivity contribution in [2.45, 2.75) is 13.0 Å². The molecule has 0 aliphatic carbocycles. The normalized spacial score (nSPS) is 12.9. The second-order valence-electron chi connectivity index (χ2n) is 3.42. The lowest BCUT2D eigenvalue weighted by atomic mass is 10.3. The first kappa shape index (κ1) is 11.2. The Hall–Kier alpha value is -0.870. The Balaban J connectivity index is 2.45. The van der Waals surface area contributed by atoms with Gasteiger partial charge in [0.25, 0.3) is 0 Å². The van der Waals surface area contributed by atoms with Crippen molar-refractivity contribution >= 4 is 17.4 Å². The van der Waals surface area contributed by atoms with E-state index >= 15 is 0 Å². The van der Waals surface area contributed by atoms with Gasteiger partial charge in [-0.15, -0.1) is 0 Å². The summed E-state index contributed by atoms with van der Waals surface area (Å²) in [6.07, 6.45) is 3.18. The number of aromatic nitrogens is 2. The van der Waals surface area contributed by atoms with Gasteiger partial charge >= 0.3 is 0 Å². The van der Waals surface area contributed by atoms with E-state index in [1.807, 2.05) is 14.1 Å². The van der Waals surface area contributed by atoms with Crippen molar-refractivity contribution in [3.63, 3.8) is 0 Å². The smallest absolute Gasteiger partial charge is 0.149 e. The lowest BCUT2D eigenvalue weighted by Gasteiger charge is -2.20. The van der Waals surface area contributed by atoms with Crippen LogP contribution in [0.2, 0.25) is 5.15 Å². The molecule has 1 aromatic rings. The van der Waals surface area contributed by atoms with Crippen LogP contribution in [0.25, 0.3) is 0 Å². The standard InChI is InChI=1S/C9H15ClN4/c1-7(14(2)3)4-12-9-6-11-5-8(10)13-9/h5-7H,4H2,1-3H3,(H,12,13). The van der Waals surface area contributed by atoms with Gasteiger partial charge < -0.3 is 10.2 Å². The average molecular weight is 215 g/mol. The maximum absolute atomic E-state index is 5.70. The highest BCUT2D eigenvalue weighted by atomic mass is 35.5. The van der Waals surface area contributed by atoms with Crippen LogP contribution < -0.4 is 5.32 Å². The Morgan fingerprint density at radius 1 is 1.50 bits per heavy atom. The predicted octanol–water partition coefficient (Wildman–Crippen LogP) is 1.49. The summed E-state index contributed by atoms with van der Waals surface area (Å²) in [7, 11) is 4.08. The number of rotatable bonds is 4. The lowest BCUT2D eigenvalue weighted by Crippen LogP contribution is -2.31. The molecular weight excluding hydrogens is 200 g/mol. The van der Waals surface area contributed by atoms with E-state index in [1.165, 1.54) is 6.20 Å². The summed E-state index contributed by atoms with van der Waals surface area (Å²) in [5, 5.41) is 3.58. The van der Waals surface area contributed by atoms with E-state index < -0.39 is 0 Å². The van der Waals surface area contributed by atoms with Crippen molar-refractivity contribution in [1.82, 2.24) is 14.9 Å². The third-order valence-electron chi connectivity index (χ3n) is 2.07. The highest BCUT2D eigenvalue weighted by Crippen LogP contribution is 2.06. The lowest BCUT2D eigenvalue weighted by molar-refractivity contribution is 0.326. The molecule has 1 atom stereocenters. The molecule has 4 nitrogen and oxygen atoms in total. The van der Waals surface area contributed by atoms with Crippen LogP contribution in [-0.2, 0) is 0 Å². The van der Waals surface area contributed by atoms with Crippen LogP contribution in [0.5, 0.6) is 0 Å². The fourth-order valence-electron chi connectivity index (χ4n) is 0.862. The van der Waals surface area contributed by atoms with E-state index in [9.17, 15) is 0 Å². The van der Waals surface area contributed by atoms with Crippen LogP contribution >= 0.6 is 11.6 Å². The molecule has 0 aliphatic rings. The molecule has 0 fully saturated rings. The molecule has 0 amide bonds. The third kappa shape index (κ3) is 3.47. The molecule has 14 heavy (non-hydrogen) atoms. The molecule has 1 rings (SSSR count). The van der Waals surface area contributed by atoms with E-state index in [2.05, 4.69) is 27.1 Å². The molecule has 0 spiro atoms. The first-order valence-corrected chi connectivity index (χ1v) is 4.85. The topological polar surface area (TPSA) is 41.1 Å². The Labute approximate surface area is 89.3 Å². The van der Waals surface area contributed by atoms with E-state index in [1.54, 1.807) is 6.20 Å². The molecule has 1 unspecified atom stereocenters. The summed E-state index contributed by atoms with van der Waals surface area (Å²) < 4.78 is 0. The van der Waals surface area contributed by atoms with Crippen molar-refractivity contribution in [2.75, 3.05) is 26.0 Å². The zero-order valence-corrected chi connectivity index (χ0v) is 9.41. The van der Waals surface area contributed by atoms with Crippen LogP contribution in [0.15, 0.2) is 12.4 Å². The van der Waals surface area contributed by atoms with Crippen LogP contribution in [0.1, 0.15) is 6.92 Å². The first-order valence-electron chi connectivity index (χ1n) is 4.47. The average Bonchev–Trinajstić information content (AvgIpc) is 2.14. The van der Waals surface area contributed by atoms with Gasteiger partial charge in [-0.1, -0.05) is 11.6 Å². The van der Waals surface area contributed by atoms with Gasteiger partial charge in [0.2, 0.25) is 0 Å². The number of hydrogen-bond acceptors (Lipinski definition) is 4. The molecule has 0 radical (unpaired) electrons. The fourth-order valence-corrected chi connectivity index (χ4v) is 1.01. The number of anilines is 1. The van der Waals surface area contributed by atoms with E-state index in [0.29, 0.717) is 17.0 Å². The predicted molar refractivity (Wildman–Crippen MR) is 58.7 cm³/mol. The summed E-state index contributed by atoms with van der Waals surface area (Å²) in [5.41, 5.74) is 0.